The molecule has 3 aromatic rings. The van der Waals surface area contributed by atoms with Crippen LogP contribution in [0.4, 0.5) is 10.1 Å². The highest BCUT2D eigenvalue weighted by molar-refractivity contribution is 7.08. The summed E-state index contributed by atoms with van der Waals surface area (Å²) in [6, 6.07) is 11.7. The van der Waals surface area contributed by atoms with Crippen molar-refractivity contribution in [3.63, 3.8) is 0 Å². The first-order valence-electron chi connectivity index (χ1n) is 8.81. The fraction of sp³-hybridized carbons (Fsp3) is 0.190. The molecule has 0 unspecified atom stereocenters. The van der Waals surface area contributed by atoms with E-state index in [1.54, 1.807) is 30.6 Å². The van der Waals surface area contributed by atoms with E-state index in [2.05, 4.69) is 15.4 Å². The van der Waals surface area contributed by atoms with Crippen LogP contribution < -0.4 is 4.74 Å². The van der Waals surface area contributed by atoms with Crippen molar-refractivity contribution in [1.29, 1.82) is 5.26 Å². The number of aromatic nitrogens is 1. The molecule has 0 bridgehead atoms. The molecule has 0 fully saturated rings. The molecule has 0 aliphatic carbocycles. The number of aryl methyl sites for hydroxylation is 1. The Balaban J connectivity index is 1.93. The topological polar surface area (TPSA) is 61.5 Å². The van der Waals surface area contributed by atoms with Gasteiger partial charge in [-0.2, -0.15) is 9.64 Å². The van der Waals surface area contributed by atoms with Crippen LogP contribution in [-0.4, -0.2) is 29.2 Å². The molecule has 8 heteroatoms. The maximum absolute atomic E-state index is 14.1. The lowest BCUT2D eigenvalue weighted by molar-refractivity contribution is 0.491. The first-order chi connectivity index (χ1) is 13.9. The predicted octanol–water partition coefficient (Wildman–Crippen LogP) is 6.19. The highest BCUT2D eigenvalue weighted by Gasteiger charge is 2.20. The minimum atomic E-state index is -0.445. The van der Waals surface area contributed by atoms with Crippen LogP contribution in [0.15, 0.2) is 41.4 Å². The molecule has 0 aliphatic heterocycles. The summed E-state index contributed by atoms with van der Waals surface area (Å²) in [6.07, 6.45) is 1.71. The average molecular weight is 429 g/mol. The van der Waals surface area contributed by atoms with Gasteiger partial charge in [-0.05, 0) is 37.6 Å². The molecule has 29 heavy (non-hydrogen) atoms. The molecule has 1 aromatic heterocycles. The van der Waals surface area contributed by atoms with Gasteiger partial charge in [0.15, 0.2) is 0 Å². The third-order valence-corrected chi connectivity index (χ3v) is 5.27. The summed E-state index contributed by atoms with van der Waals surface area (Å²) in [4.78, 5) is 6.31. The van der Waals surface area contributed by atoms with Crippen molar-refractivity contribution in [1.82, 2.24) is 9.27 Å². The minimum Gasteiger partial charge on any atom is -0.443 e. The largest absolute Gasteiger partial charge is 0.443 e. The number of rotatable bonds is 6. The van der Waals surface area contributed by atoms with Crippen molar-refractivity contribution in [2.24, 2.45) is 4.99 Å². The van der Waals surface area contributed by atoms with Crippen LogP contribution in [0.25, 0.3) is 11.3 Å². The van der Waals surface area contributed by atoms with E-state index >= 15 is 0 Å². The van der Waals surface area contributed by atoms with Gasteiger partial charge in [-0.3, -0.25) is 0 Å². The molecule has 3 rings (SSSR count). The maximum atomic E-state index is 14.1. The zero-order chi connectivity index (χ0) is 21.0. The lowest BCUT2D eigenvalue weighted by Gasteiger charge is -2.11. The van der Waals surface area contributed by atoms with Crippen molar-refractivity contribution in [2.45, 2.75) is 13.8 Å². The Morgan fingerprint density at radius 1 is 1.38 bits per heavy atom. The number of hydrogen-bond donors (Lipinski definition) is 0. The number of ether oxygens (including phenoxy) is 1. The van der Waals surface area contributed by atoms with E-state index in [-0.39, 0.29) is 21.9 Å². The molecular formula is C21H18ClFN4OS. The zero-order valence-electron chi connectivity index (χ0n) is 16.1. The van der Waals surface area contributed by atoms with E-state index in [1.165, 1.54) is 6.07 Å². The van der Waals surface area contributed by atoms with Crippen molar-refractivity contribution in [3.8, 4) is 28.1 Å². The Morgan fingerprint density at radius 3 is 2.83 bits per heavy atom. The van der Waals surface area contributed by atoms with Gasteiger partial charge in [0.2, 0.25) is 5.06 Å². The van der Waals surface area contributed by atoms with Crippen LogP contribution in [0.3, 0.4) is 0 Å². The molecular weight excluding hydrogens is 411 g/mol. The lowest BCUT2D eigenvalue weighted by Crippen LogP contribution is -2.14. The third kappa shape index (κ3) is 4.56. The van der Waals surface area contributed by atoms with Crippen molar-refractivity contribution >= 4 is 35.2 Å². The first kappa shape index (κ1) is 20.8. The second-order valence-electron chi connectivity index (χ2n) is 6.27. The molecule has 0 radical (unpaired) electrons. The van der Waals surface area contributed by atoms with E-state index in [0.29, 0.717) is 16.5 Å². The van der Waals surface area contributed by atoms with Gasteiger partial charge in [-0.15, -0.1) is 0 Å². The Hall–Kier alpha value is -2.95. The molecule has 0 saturated heterocycles. The van der Waals surface area contributed by atoms with Gasteiger partial charge in [-0.1, -0.05) is 23.7 Å². The standard InChI is InChI=1S/C21H18ClFN4OS/c1-4-27(3)12-25-18-9-13(2)19(10-16(18)22)28-21-15(11-24)20(26-29-21)14-7-5-6-8-17(14)23/h5-10,12H,4H2,1-3H3/b25-12-. The zero-order valence-corrected chi connectivity index (χ0v) is 17.7. The van der Waals surface area contributed by atoms with Gasteiger partial charge >= 0.3 is 0 Å². The normalized spacial score (nSPS) is 10.9. The fourth-order valence-corrected chi connectivity index (χ4v) is 3.41. The van der Waals surface area contributed by atoms with E-state index in [4.69, 9.17) is 16.3 Å². The third-order valence-electron chi connectivity index (χ3n) is 4.24. The Kier molecular flexibility index (Phi) is 6.47. The Labute approximate surface area is 177 Å². The molecule has 0 spiro atoms. The fourth-order valence-electron chi connectivity index (χ4n) is 2.48. The van der Waals surface area contributed by atoms with Crippen LogP contribution in [0.5, 0.6) is 10.8 Å². The summed E-state index contributed by atoms with van der Waals surface area (Å²) < 4.78 is 24.3. The van der Waals surface area contributed by atoms with Crippen molar-refractivity contribution in [3.05, 3.63) is 58.4 Å². The van der Waals surface area contributed by atoms with Gasteiger partial charge in [0.05, 0.1) is 17.0 Å². The number of halogens is 2. The molecule has 0 aliphatic rings. The van der Waals surface area contributed by atoms with E-state index in [9.17, 15) is 9.65 Å². The summed E-state index contributed by atoms with van der Waals surface area (Å²) in [7, 11) is 1.92. The predicted molar refractivity (Wildman–Crippen MR) is 115 cm³/mol. The van der Waals surface area contributed by atoms with Gasteiger partial charge < -0.3 is 9.64 Å². The van der Waals surface area contributed by atoms with E-state index in [1.807, 2.05) is 31.9 Å². The van der Waals surface area contributed by atoms with Gasteiger partial charge in [0.25, 0.3) is 0 Å². The smallest absolute Gasteiger partial charge is 0.218 e. The Morgan fingerprint density at radius 2 is 2.14 bits per heavy atom. The molecule has 2 aromatic carbocycles. The molecule has 5 nitrogen and oxygen atoms in total. The second-order valence-corrected chi connectivity index (χ2v) is 7.42. The number of hydrogen-bond acceptors (Lipinski definition) is 5. The van der Waals surface area contributed by atoms with Crippen LogP contribution in [0, 0.1) is 24.1 Å². The van der Waals surface area contributed by atoms with Crippen molar-refractivity contribution < 1.29 is 9.13 Å². The molecule has 0 atom stereocenters. The van der Waals surface area contributed by atoms with Crippen LogP contribution in [-0.2, 0) is 0 Å². The highest BCUT2D eigenvalue weighted by atomic mass is 35.5. The van der Waals surface area contributed by atoms with Crippen LogP contribution >= 0.6 is 23.1 Å². The lowest BCUT2D eigenvalue weighted by atomic mass is 10.1. The number of nitrogens with zero attached hydrogens (tertiary/aromatic N) is 4. The molecule has 0 amide bonds. The first-order valence-corrected chi connectivity index (χ1v) is 9.96. The molecule has 148 valence electrons. The minimum absolute atomic E-state index is 0.183. The quantitative estimate of drug-likeness (QED) is 0.347. The average Bonchev–Trinajstić information content (AvgIpc) is 3.11. The van der Waals surface area contributed by atoms with E-state index in [0.717, 1.165) is 23.6 Å². The van der Waals surface area contributed by atoms with Crippen LogP contribution in [0.2, 0.25) is 5.02 Å². The molecule has 0 saturated carbocycles. The SMILES string of the molecule is CCN(C)/C=N\c1cc(C)c(Oc2snc(-c3ccccc3F)c2C#N)cc1Cl. The van der Waals surface area contributed by atoms with E-state index < -0.39 is 5.82 Å². The van der Waals surface area contributed by atoms with Gasteiger partial charge in [0, 0.05) is 36.8 Å². The molecule has 0 N–H and O–H groups in total. The van der Waals surface area contributed by atoms with Gasteiger partial charge in [-0.25, -0.2) is 9.38 Å². The summed E-state index contributed by atoms with van der Waals surface area (Å²) in [5, 5.41) is 10.3. The molecule has 1 heterocycles. The summed E-state index contributed by atoms with van der Waals surface area (Å²) in [6.45, 7) is 4.71. The summed E-state index contributed by atoms with van der Waals surface area (Å²) >= 11 is 7.34. The number of benzene rings is 2. The monoisotopic (exact) mass is 428 g/mol. The Bertz CT molecular complexity index is 1110. The number of nitriles is 1. The summed E-state index contributed by atoms with van der Waals surface area (Å²) in [5.41, 5.74) is 2.12. The van der Waals surface area contributed by atoms with Gasteiger partial charge in [0.1, 0.15) is 28.9 Å². The highest BCUT2D eigenvalue weighted by Crippen LogP contribution is 2.40. The number of aliphatic imine (C=N–C) groups is 1. The van der Waals surface area contributed by atoms with Crippen molar-refractivity contribution in [2.75, 3.05) is 13.6 Å². The second kappa shape index (κ2) is 9.03. The summed E-state index contributed by atoms with van der Waals surface area (Å²) in [5.74, 6) is 0.0392. The maximum Gasteiger partial charge on any atom is 0.218 e. The van der Waals surface area contributed by atoms with Crippen LogP contribution in [0.1, 0.15) is 18.1 Å².